The third-order valence-electron chi connectivity index (χ3n) is 4.40. The minimum absolute atomic E-state index is 0.331. The second-order valence-corrected chi connectivity index (χ2v) is 7.60. The monoisotopic (exact) mass is 406 g/mol. The molecule has 6 nitrogen and oxygen atoms in total. The SMILES string of the molecule is COC(=O)c1c(NC(=S)Nc2cc(OC)cc(OC)c2)sc2c1CCCC2. The molecule has 1 aliphatic carbocycles. The van der Waals surface area contributed by atoms with E-state index < -0.39 is 0 Å². The van der Waals surface area contributed by atoms with Crippen LogP contribution in [0, 0.1) is 0 Å². The fraction of sp³-hybridized carbons (Fsp3) is 0.368. The van der Waals surface area contributed by atoms with Gasteiger partial charge in [0.2, 0.25) is 0 Å². The van der Waals surface area contributed by atoms with Crippen LogP contribution < -0.4 is 20.1 Å². The molecule has 0 spiro atoms. The number of thiophene rings is 1. The molecular formula is C19H22N2O4S2. The molecule has 27 heavy (non-hydrogen) atoms. The number of thiocarbonyl (C=S) groups is 1. The lowest BCUT2D eigenvalue weighted by Crippen LogP contribution is -2.20. The average molecular weight is 407 g/mol. The first-order valence-electron chi connectivity index (χ1n) is 8.59. The van der Waals surface area contributed by atoms with E-state index in [9.17, 15) is 4.79 Å². The topological polar surface area (TPSA) is 68.8 Å². The van der Waals surface area contributed by atoms with Gasteiger partial charge in [-0.25, -0.2) is 4.79 Å². The van der Waals surface area contributed by atoms with Crippen molar-refractivity contribution in [3.05, 3.63) is 34.2 Å². The molecule has 2 aromatic rings. The zero-order valence-electron chi connectivity index (χ0n) is 15.5. The van der Waals surface area contributed by atoms with Gasteiger partial charge in [-0.15, -0.1) is 11.3 Å². The predicted molar refractivity (Wildman–Crippen MR) is 112 cm³/mol. The van der Waals surface area contributed by atoms with Crippen molar-refractivity contribution in [1.29, 1.82) is 0 Å². The van der Waals surface area contributed by atoms with Crippen LogP contribution in [0.5, 0.6) is 11.5 Å². The fourth-order valence-electron chi connectivity index (χ4n) is 3.12. The maximum Gasteiger partial charge on any atom is 0.341 e. The summed E-state index contributed by atoms with van der Waals surface area (Å²) in [5.74, 6) is 0.978. The van der Waals surface area contributed by atoms with E-state index in [0.29, 0.717) is 22.2 Å². The van der Waals surface area contributed by atoms with Crippen molar-refractivity contribution < 1.29 is 19.0 Å². The molecule has 1 aliphatic rings. The Balaban J connectivity index is 1.82. The predicted octanol–water partition coefficient (Wildman–Crippen LogP) is 4.24. The number of anilines is 2. The molecule has 0 saturated heterocycles. The first kappa shape index (κ1) is 19.4. The summed E-state index contributed by atoms with van der Waals surface area (Å²) in [6.07, 6.45) is 4.10. The molecule has 1 heterocycles. The van der Waals surface area contributed by atoms with Crippen LogP contribution in [0.2, 0.25) is 0 Å². The van der Waals surface area contributed by atoms with E-state index in [1.54, 1.807) is 31.6 Å². The number of carbonyl (C=O) groups excluding carboxylic acids is 1. The first-order chi connectivity index (χ1) is 13.0. The Bertz CT molecular complexity index is 841. The minimum atomic E-state index is -0.331. The largest absolute Gasteiger partial charge is 0.497 e. The number of aryl methyl sites for hydroxylation is 1. The number of esters is 1. The summed E-state index contributed by atoms with van der Waals surface area (Å²) in [6, 6.07) is 5.42. The highest BCUT2D eigenvalue weighted by molar-refractivity contribution is 7.80. The van der Waals surface area contributed by atoms with Gasteiger partial charge in [-0.2, -0.15) is 0 Å². The number of rotatable bonds is 5. The molecule has 0 radical (unpaired) electrons. The van der Waals surface area contributed by atoms with Gasteiger partial charge >= 0.3 is 5.97 Å². The van der Waals surface area contributed by atoms with Crippen LogP contribution in [0.1, 0.15) is 33.6 Å². The van der Waals surface area contributed by atoms with Crippen LogP contribution in [-0.2, 0) is 17.6 Å². The lowest BCUT2D eigenvalue weighted by Gasteiger charge is -2.13. The molecule has 3 rings (SSSR count). The maximum absolute atomic E-state index is 12.3. The standard InChI is InChI=1S/C19H22N2O4S2/c1-23-12-8-11(9-13(10-12)24-2)20-19(26)21-17-16(18(22)25-3)14-6-4-5-7-15(14)27-17/h8-10H,4-7H2,1-3H3,(H2,20,21,26). The number of nitrogens with one attached hydrogen (secondary N) is 2. The number of benzene rings is 1. The Morgan fingerprint density at radius 3 is 2.33 bits per heavy atom. The number of hydrogen-bond acceptors (Lipinski definition) is 6. The smallest absolute Gasteiger partial charge is 0.341 e. The van der Waals surface area contributed by atoms with Crippen molar-refractivity contribution in [2.24, 2.45) is 0 Å². The van der Waals surface area contributed by atoms with Crippen LogP contribution in [0.4, 0.5) is 10.7 Å². The summed E-state index contributed by atoms with van der Waals surface area (Å²) in [4.78, 5) is 13.6. The molecule has 0 aliphatic heterocycles. The summed E-state index contributed by atoms with van der Waals surface area (Å²) in [5, 5.41) is 7.39. The molecule has 0 atom stereocenters. The van der Waals surface area contributed by atoms with Crippen LogP contribution in [0.3, 0.4) is 0 Å². The zero-order chi connectivity index (χ0) is 19.4. The Hall–Kier alpha value is -2.32. The molecular weight excluding hydrogens is 384 g/mol. The van der Waals surface area contributed by atoms with E-state index >= 15 is 0 Å². The molecule has 2 N–H and O–H groups in total. The number of methoxy groups -OCH3 is 3. The number of hydrogen-bond donors (Lipinski definition) is 2. The van der Waals surface area contributed by atoms with E-state index in [4.69, 9.17) is 26.4 Å². The number of ether oxygens (including phenoxy) is 3. The highest BCUT2D eigenvalue weighted by atomic mass is 32.1. The summed E-state index contributed by atoms with van der Waals surface area (Å²) >= 11 is 7.02. The van der Waals surface area contributed by atoms with Gasteiger partial charge in [-0.1, -0.05) is 0 Å². The molecule has 0 fully saturated rings. The van der Waals surface area contributed by atoms with E-state index in [-0.39, 0.29) is 5.97 Å². The lowest BCUT2D eigenvalue weighted by atomic mass is 9.95. The summed E-state index contributed by atoms with van der Waals surface area (Å²) < 4.78 is 15.5. The average Bonchev–Trinajstić information content (AvgIpc) is 3.04. The number of carbonyl (C=O) groups is 1. The Labute approximate surface area is 167 Å². The van der Waals surface area contributed by atoms with E-state index in [0.717, 1.165) is 41.9 Å². The van der Waals surface area contributed by atoms with E-state index in [1.807, 2.05) is 12.1 Å². The molecule has 1 aromatic carbocycles. The van der Waals surface area contributed by atoms with Crippen molar-refractivity contribution in [2.45, 2.75) is 25.7 Å². The van der Waals surface area contributed by atoms with Crippen molar-refractivity contribution in [3.63, 3.8) is 0 Å². The maximum atomic E-state index is 12.3. The second-order valence-electron chi connectivity index (χ2n) is 6.09. The Morgan fingerprint density at radius 1 is 1.04 bits per heavy atom. The molecule has 0 bridgehead atoms. The van der Waals surface area contributed by atoms with Gasteiger partial charge in [0.25, 0.3) is 0 Å². The van der Waals surface area contributed by atoms with Gasteiger partial charge in [-0.05, 0) is 43.5 Å². The van der Waals surface area contributed by atoms with Gasteiger partial charge in [0, 0.05) is 28.8 Å². The number of fused-ring (bicyclic) bond motifs is 1. The van der Waals surface area contributed by atoms with Crippen molar-refractivity contribution in [3.8, 4) is 11.5 Å². The van der Waals surface area contributed by atoms with Crippen molar-refractivity contribution >= 4 is 45.3 Å². The molecule has 144 valence electrons. The Morgan fingerprint density at radius 2 is 1.70 bits per heavy atom. The summed E-state index contributed by atoms with van der Waals surface area (Å²) in [6.45, 7) is 0. The van der Waals surface area contributed by atoms with Crippen LogP contribution in [0.25, 0.3) is 0 Å². The van der Waals surface area contributed by atoms with Crippen molar-refractivity contribution in [2.75, 3.05) is 32.0 Å². The third-order valence-corrected chi connectivity index (χ3v) is 5.81. The highest BCUT2D eigenvalue weighted by Gasteiger charge is 2.26. The van der Waals surface area contributed by atoms with Crippen LogP contribution >= 0.6 is 23.6 Å². The summed E-state index contributed by atoms with van der Waals surface area (Å²) in [5.41, 5.74) is 2.42. The summed E-state index contributed by atoms with van der Waals surface area (Å²) in [7, 11) is 4.58. The molecule has 1 aromatic heterocycles. The molecule has 8 heteroatoms. The Kier molecular flexibility index (Phi) is 6.18. The molecule has 0 saturated carbocycles. The zero-order valence-corrected chi connectivity index (χ0v) is 17.1. The minimum Gasteiger partial charge on any atom is -0.497 e. The van der Waals surface area contributed by atoms with Gasteiger partial charge in [-0.3, -0.25) is 0 Å². The fourth-order valence-corrected chi connectivity index (χ4v) is 4.68. The quantitative estimate of drug-likeness (QED) is 0.568. The lowest BCUT2D eigenvalue weighted by molar-refractivity contribution is 0.0601. The normalized spacial score (nSPS) is 12.7. The van der Waals surface area contributed by atoms with Crippen LogP contribution in [-0.4, -0.2) is 32.4 Å². The highest BCUT2D eigenvalue weighted by Crippen LogP contribution is 2.38. The second kappa shape index (κ2) is 8.58. The van der Waals surface area contributed by atoms with E-state index in [1.165, 1.54) is 12.0 Å². The van der Waals surface area contributed by atoms with Crippen LogP contribution in [0.15, 0.2) is 18.2 Å². The van der Waals surface area contributed by atoms with Gasteiger partial charge in [0.1, 0.15) is 16.5 Å². The van der Waals surface area contributed by atoms with E-state index in [2.05, 4.69) is 10.6 Å². The third kappa shape index (κ3) is 4.33. The first-order valence-corrected chi connectivity index (χ1v) is 9.82. The van der Waals surface area contributed by atoms with Gasteiger partial charge < -0.3 is 24.8 Å². The molecule has 0 unspecified atom stereocenters. The molecule has 0 amide bonds. The van der Waals surface area contributed by atoms with Gasteiger partial charge in [0.05, 0.1) is 26.9 Å². The van der Waals surface area contributed by atoms with Crippen molar-refractivity contribution in [1.82, 2.24) is 0 Å². The van der Waals surface area contributed by atoms with Gasteiger partial charge in [0.15, 0.2) is 5.11 Å².